The largest absolute Gasteiger partial charge is 0.310 e. The normalized spacial score (nSPS) is 12.4. The minimum absolute atomic E-state index is 0.0327. The van der Waals surface area contributed by atoms with Crippen molar-refractivity contribution in [3.05, 3.63) is 68.4 Å². The molecule has 0 saturated heterocycles. The van der Waals surface area contributed by atoms with Gasteiger partial charge in [-0.05, 0) is 48.4 Å². The third-order valence-corrected chi connectivity index (χ3v) is 4.25. The van der Waals surface area contributed by atoms with Gasteiger partial charge in [0.05, 0.1) is 15.1 Å². The molecular weight excluding hydrogens is 332 g/mol. The number of benzene rings is 2. The zero-order valence-corrected chi connectivity index (χ0v) is 13.7. The fourth-order valence-corrected chi connectivity index (χ4v) is 2.70. The van der Waals surface area contributed by atoms with Gasteiger partial charge >= 0.3 is 0 Å². The van der Waals surface area contributed by atoms with E-state index in [0.29, 0.717) is 16.5 Å². The van der Waals surface area contributed by atoms with Crippen LogP contribution in [0, 0.1) is 5.82 Å². The summed E-state index contributed by atoms with van der Waals surface area (Å²) >= 11 is 17.8. The summed E-state index contributed by atoms with van der Waals surface area (Å²) in [6.07, 6.45) is 0.715. The lowest BCUT2D eigenvalue weighted by atomic mass is 9.98. The summed E-state index contributed by atoms with van der Waals surface area (Å²) < 4.78 is 13.3. The minimum atomic E-state index is -0.412. The molecule has 2 rings (SSSR count). The molecule has 1 N–H and O–H groups in total. The highest BCUT2D eigenvalue weighted by molar-refractivity contribution is 6.42. The Bertz CT molecular complexity index is 631. The van der Waals surface area contributed by atoms with Gasteiger partial charge in [-0.1, -0.05) is 53.9 Å². The first-order chi connectivity index (χ1) is 10.0. The van der Waals surface area contributed by atoms with Crippen LogP contribution in [0.1, 0.15) is 24.1 Å². The summed E-state index contributed by atoms with van der Waals surface area (Å²) in [5.41, 5.74) is 1.99. The number of rotatable bonds is 5. The molecule has 0 radical (unpaired) electrons. The Morgan fingerprint density at radius 2 is 1.76 bits per heavy atom. The summed E-state index contributed by atoms with van der Waals surface area (Å²) in [7, 11) is 0. The van der Waals surface area contributed by atoms with E-state index in [2.05, 4.69) is 5.32 Å². The molecule has 2 aromatic carbocycles. The average Bonchev–Trinajstić information content (AvgIpc) is 2.45. The molecule has 0 fully saturated rings. The highest BCUT2D eigenvalue weighted by Crippen LogP contribution is 2.27. The van der Waals surface area contributed by atoms with Crippen LogP contribution in [-0.2, 0) is 6.42 Å². The molecule has 0 aliphatic heterocycles. The monoisotopic (exact) mass is 345 g/mol. The summed E-state index contributed by atoms with van der Waals surface area (Å²) in [6, 6.07) is 10.4. The van der Waals surface area contributed by atoms with Crippen molar-refractivity contribution < 1.29 is 4.39 Å². The van der Waals surface area contributed by atoms with E-state index in [1.165, 1.54) is 6.07 Å². The topological polar surface area (TPSA) is 12.0 Å². The van der Waals surface area contributed by atoms with Crippen LogP contribution in [-0.4, -0.2) is 6.54 Å². The second kappa shape index (κ2) is 7.46. The van der Waals surface area contributed by atoms with Crippen molar-refractivity contribution in [2.45, 2.75) is 19.4 Å². The van der Waals surface area contributed by atoms with Gasteiger partial charge in [-0.25, -0.2) is 4.39 Å². The van der Waals surface area contributed by atoms with Crippen LogP contribution in [0.2, 0.25) is 15.1 Å². The van der Waals surface area contributed by atoms with Gasteiger partial charge in [0.15, 0.2) is 0 Å². The fraction of sp³-hybridized carbons (Fsp3) is 0.250. The predicted molar refractivity (Wildman–Crippen MR) is 88.0 cm³/mol. The Kier molecular flexibility index (Phi) is 5.88. The summed E-state index contributed by atoms with van der Waals surface area (Å²) in [5.74, 6) is -0.412. The molecule has 1 unspecified atom stereocenters. The molecule has 0 heterocycles. The van der Waals surface area contributed by atoms with Gasteiger partial charge in [-0.2, -0.15) is 0 Å². The fourth-order valence-electron chi connectivity index (χ4n) is 2.19. The Balaban J connectivity index is 2.25. The van der Waals surface area contributed by atoms with E-state index >= 15 is 0 Å². The number of halogens is 4. The van der Waals surface area contributed by atoms with E-state index in [1.54, 1.807) is 18.2 Å². The maximum atomic E-state index is 13.3. The van der Waals surface area contributed by atoms with E-state index in [-0.39, 0.29) is 11.1 Å². The molecule has 0 aliphatic carbocycles. The van der Waals surface area contributed by atoms with E-state index in [0.717, 1.165) is 17.7 Å². The van der Waals surface area contributed by atoms with E-state index in [9.17, 15) is 4.39 Å². The molecular formula is C16H15Cl3FN. The van der Waals surface area contributed by atoms with Gasteiger partial charge in [0.1, 0.15) is 5.82 Å². The SMILES string of the molecule is CCNC(Cc1ccc(Cl)c(Cl)c1)c1ccc(F)c(Cl)c1. The number of likely N-dealkylation sites (N-methyl/N-ethyl adjacent to an activating group) is 1. The van der Waals surface area contributed by atoms with Gasteiger partial charge in [0.25, 0.3) is 0 Å². The third-order valence-electron chi connectivity index (χ3n) is 3.22. The van der Waals surface area contributed by atoms with Gasteiger partial charge in [-0.3, -0.25) is 0 Å². The van der Waals surface area contributed by atoms with Gasteiger partial charge in [-0.15, -0.1) is 0 Å². The lowest BCUT2D eigenvalue weighted by molar-refractivity contribution is 0.547. The summed E-state index contributed by atoms with van der Waals surface area (Å²) in [6.45, 7) is 2.81. The molecule has 0 saturated carbocycles. The smallest absolute Gasteiger partial charge is 0.141 e. The van der Waals surface area contributed by atoms with Crippen LogP contribution >= 0.6 is 34.8 Å². The van der Waals surface area contributed by atoms with Crippen molar-refractivity contribution in [2.75, 3.05) is 6.54 Å². The average molecular weight is 347 g/mol. The maximum absolute atomic E-state index is 13.3. The second-order valence-electron chi connectivity index (χ2n) is 4.74. The number of nitrogens with one attached hydrogen (secondary N) is 1. The van der Waals surface area contributed by atoms with Crippen LogP contribution in [0.25, 0.3) is 0 Å². The summed E-state index contributed by atoms with van der Waals surface area (Å²) in [5, 5.41) is 4.56. The molecule has 0 aromatic heterocycles. The molecule has 112 valence electrons. The van der Waals surface area contributed by atoms with Crippen LogP contribution < -0.4 is 5.32 Å². The lowest BCUT2D eigenvalue weighted by Crippen LogP contribution is -2.23. The Hall–Kier alpha value is -0.800. The Morgan fingerprint density at radius 3 is 2.38 bits per heavy atom. The molecule has 0 amide bonds. The van der Waals surface area contributed by atoms with Crippen LogP contribution in [0.4, 0.5) is 4.39 Å². The zero-order valence-electron chi connectivity index (χ0n) is 11.5. The molecule has 0 aliphatic rings. The lowest BCUT2D eigenvalue weighted by Gasteiger charge is -2.19. The van der Waals surface area contributed by atoms with Crippen LogP contribution in [0.15, 0.2) is 36.4 Å². The molecule has 1 nitrogen and oxygen atoms in total. The van der Waals surface area contributed by atoms with Crippen LogP contribution in [0.3, 0.4) is 0 Å². The van der Waals surface area contributed by atoms with Crippen molar-refractivity contribution in [2.24, 2.45) is 0 Å². The molecule has 0 spiro atoms. The van der Waals surface area contributed by atoms with Gasteiger partial charge in [0, 0.05) is 6.04 Å². The molecule has 1 atom stereocenters. The quantitative estimate of drug-likeness (QED) is 0.734. The third kappa shape index (κ3) is 4.33. The predicted octanol–water partition coefficient (Wildman–Crippen LogP) is 5.68. The van der Waals surface area contributed by atoms with Crippen LogP contribution in [0.5, 0.6) is 0 Å². The van der Waals surface area contributed by atoms with Crippen molar-refractivity contribution in [1.29, 1.82) is 0 Å². The van der Waals surface area contributed by atoms with Crippen molar-refractivity contribution >= 4 is 34.8 Å². The van der Waals surface area contributed by atoms with Crippen molar-refractivity contribution in [1.82, 2.24) is 5.32 Å². The van der Waals surface area contributed by atoms with E-state index < -0.39 is 5.82 Å². The number of hydrogen-bond acceptors (Lipinski definition) is 1. The minimum Gasteiger partial charge on any atom is -0.310 e. The van der Waals surface area contributed by atoms with Crippen molar-refractivity contribution in [3.63, 3.8) is 0 Å². The van der Waals surface area contributed by atoms with Gasteiger partial charge < -0.3 is 5.32 Å². The standard InChI is InChI=1S/C16H15Cl3FN/c1-2-21-16(11-4-6-15(20)14(19)9-11)8-10-3-5-12(17)13(18)7-10/h3-7,9,16,21H,2,8H2,1H3. The number of hydrogen-bond donors (Lipinski definition) is 1. The first-order valence-corrected chi connectivity index (χ1v) is 7.77. The first kappa shape index (κ1) is 16.6. The summed E-state index contributed by atoms with van der Waals surface area (Å²) in [4.78, 5) is 0. The molecule has 0 bridgehead atoms. The van der Waals surface area contributed by atoms with Crippen molar-refractivity contribution in [3.8, 4) is 0 Å². The Morgan fingerprint density at radius 1 is 1.00 bits per heavy atom. The zero-order chi connectivity index (χ0) is 15.4. The first-order valence-electron chi connectivity index (χ1n) is 6.63. The van der Waals surface area contributed by atoms with E-state index in [4.69, 9.17) is 34.8 Å². The molecule has 2 aromatic rings. The maximum Gasteiger partial charge on any atom is 0.141 e. The van der Waals surface area contributed by atoms with E-state index in [1.807, 2.05) is 19.1 Å². The molecule has 5 heteroatoms. The second-order valence-corrected chi connectivity index (χ2v) is 5.96. The highest BCUT2D eigenvalue weighted by atomic mass is 35.5. The highest BCUT2D eigenvalue weighted by Gasteiger charge is 2.14. The Labute approximate surface area is 139 Å². The molecule has 21 heavy (non-hydrogen) atoms. The van der Waals surface area contributed by atoms with Gasteiger partial charge in [0.2, 0.25) is 0 Å².